The van der Waals surface area contributed by atoms with Crippen LogP contribution >= 0.6 is 11.6 Å². The van der Waals surface area contributed by atoms with Gasteiger partial charge in [0.2, 0.25) is 0 Å². The molecule has 0 aliphatic carbocycles. The van der Waals surface area contributed by atoms with Crippen LogP contribution in [0.25, 0.3) is 0 Å². The standard InChI is InChI=1S/C23H23ClFNO2/c1-3-27-23-12-17(14-26-19-8-9-21(25)20(24)13-19)7-10-22(23)28-15-18-6-4-5-16(2)11-18/h4-13,26H,3,14-15H2,1-2H3. The van der Waals surface area contributed by atoms with Crippen molar-refractivity contribution in [1.82, 2.24) is 0 Å². The minimum atomic E-state index is -0.430. The lowest BCUT2D eigenvalue weighted by Gasteiger charge is -2.14. The molecule has 1 N–H and O–H groups in total. The van der Waals surface area contributed by atoms with E-state index in [9.17, 15) is 4.39 Å². The van der Waals surface area contributed by atoms with E-state index in [2.05, 4.69) is 24.4 Å². The van der Waals surface area contributed by atoms with E-state index in [-0.39, 0.29) is 5.02 Å². The van der Waals surface area contributed by atoms with E-state index in [1.165, 1.54) is 11.6 Å². The Bertz CT molecular complexity index is 946. The fraction of sp³-hybridized carbons (Fsp3) is 0.217. The molecule has 0 spiro atoms. The molecule has 28 heavy (non-hydrogen) atoms. The van der Waals surface area contributed by atoms with E-state index in [1.807, 2.05) is 37.3 Å². The molecule has 0 aromatic heterocycles. The zero-order valence-electron chi connectivity index (χ0n) is 16.0. The van der Waals surface area contributed by atoms with Crippen molar-refractivity contribution < 1.29 is 13.9 Å². The number of aryl methyl sites for hydroxylation is 1. The van der Waals surface area contributed by atoms with Crippen LogP contribution < -0.4 is 14.8 Å². The Morgan fingerprint density at radius 1 is 0.929 bits per heavy atom. The van der Waals surface area contributed by atoms with Crippen LogP contribution in [0.2, 0.25) is 5.02 Å². The lowest BCUT2D eigenvalue weighted by molar-refractivity contribution is 0.269. The monoisotopic (exact) mass is 399 g/mol. The van der Waals surface area contributed by atoms with Crippen LogP contribution in [0.5, 0.6) is 11.5 Å². The first kappa shape index (κ1) is 20.0. The predicted molar refractivity (Wildman–Crippen MR) is 112 cm³/mol. The first-order valence-corrected chi connectivity index (χ1v) is 9.56. The van der Waals surface area contributed by atoms with Gasteiger partial charge in [-0.05, 0) is 55.3 Å². The van der Waals surface area contributed by atoms with E-state index in [0.717, 1.165) is 16.8 Å². The maximum Gasteiger partial charge on any atom is 0.161 e. The summed E-state index contributed by atoms with van der Waals surface area (Å²) in [5.41, 5.74) is 4.09. The fourth-order valence-corrected chi connectivity index (χ4v) is 3.00. The van der Waals surface area contributed by atoms with Crippen molar-refractivity contribution in [3.63, 3.8) is 0 Å². The van der Waals surface area contributed by atoms with Crippen molar-refractivity contribution in [2.24, 2.45) is 0 Å². The third-order valence-corrected chi connectivity index (χ3v) is 4.49. The molecule has 0 unspecified atom stereocenters. The molecule has 3 aromatic rings. The van der Waals surface area contributed by atoms with Gasteiger partial charge in [0.05, 0.1) is 11.6 Å². The van der Waals surface area contributed by atoms with Gasteiger partial charge in [0, 0.05) is 12.2 Å². The van der Waals surface area contributed by atoms with Crippen LogP contribution in [-0.4, -0.2) is 6.61 Å². The zero-order chi connectivity index (χ0) is 19.9. The van der Waals surface area contributed by atoms with Gasteiger partial charge in [-0.2, -0.15) is 0 Å². The second-order valence-corrected chi connectivity index (χ2v) is 6.88. The first-order valence-electron chi connectivity index (χ1n) is 9.18. The van der Waals surface area contributed by atoms with Crippen molar-refractivity contribution in [2.75, 3.05) is 11.9 Å². The minimum Gasteiger partial charge on any atom is -0.490 e. The van der Waals surface area contributed by atoms with Crippen molar-refractivity contribution in [2.45, 2.75) is 27.0 Å². The quantitative estimate of drug-likeness (QED) is 0.477. The van der Waals surface area contributed by atoms with Crippen molar-refractivity contribution in [3.05, 3.63) is 88.2 Å². The fourth-order valence-electron chi connectivity index (χ4n) is 2.82. The molecule has 0 radical (unpaired) electrons. The lowest BCUT2D eigenvalue weighted by Crippen LogP contribution is -2.03. The van der Waals surface area contributed by atoms with Gasteiger partial charge in [-0.3, -0.25) is 0 Å². The van der Waals surface area contributed by atoms with Crippen molar-refractivity contribution >= 4 is 17.3 Å². The first-order chi connectivity index (χ1) is 13.5. The van der Waals surface area contributed by atoms with Crippen LogP contribution in [0.15, 0.2) is 60.7 Å². The highest BCUT2D eigenvalue weighted by atomic mass is 35.5. The SMILES string of the molecule is CCOc1cc(CNc2ccc(F)c(Cl)c2)ccc1OCc1cccc(C)c1. The Balaban J connectivity index is 1.68. The molecule has 0 amide bonds. The zero-order valence-corrected chi connectivity index (χ0v) is 16.7. The molecule has 5 heteroatoms. The molecule has 0 atom stereocenters. The van der Waals surface area contributed by atoms with Gasteiger partial charge in [0.25, 0.3) is 0 Å². The lowest BCUT2D eigenvalue weighted by atomic mass is 10.1. The number of rotatable bonds is 8. The molecule has 0 aliphatic rings. The third-order valence-electron chi connectivity index (χ3n) is 4.20. The van der Waals surface area contributed by atoms with Gasteiger partial charge < -0.3 is 14.8 Å². The molecule has 3 aromatic carbocycles. The highest BCUT2D eigenvalue weighted by molar-refractivity contribution is 6.31. The predicted octanol–water partition coefficient (Wildman–Crippen LogP) is 6.38. The molecule has 0 bridgehead atoms. The average Bonchev–Trinajstić information content (AvgIpc) is 2.68. The smallest absolute Gasteiger partial charge is 0.161 e. The van der Waals surface area contributed by atoms with E-state index in [1.54, 1.807) is 12.1 Å². The Labute approximate surface area is 170 Å². The minimum absolute atomic E-state index is 0.0971. The summed E-state index contributed by atoms with van der Waals surface area (Å²) >= 11 is 5.83. The highest BCUT2D eigenvalue weighted by Gasteiger charge is 2.08. The number of hydrogen-bond donors (Lipinski definition) is 1. The summed E-state index contributed by atoms with van der Waals surface area (Å²) in [6, 6.07) is 18.6. The Hall–Kier alpha value is -2.72. The van der Waals surface area contributed by atoms with E-state index in [4.69, 9.17) is 21.1 Å². The van der Waals surface area contributed by atoms with E-state index < -0.39 is 5.82 Å². The molecular weight excluding hydrogens is 377 g/mol. The topological polar surface area (TPSA) is 30.5 Å². The summed E-state index contributed by atoms with van der Waals surface area (Å²) in [4.78, 5) is 0. The summed E-state index contributed by atoms with van der Waals surface area (Å²) in [5, 5.41) is 3.33. The number of benzene rings is 3. The molecular formula is C23H23ClFNO2. The van der Waals surface area contributed by atoms with Crippen molar-refractivity contribution in [1.29, 1.82) is 0 Å². The number of nitrogens with one attached hydrogen (secondary N) is 1. The largest absolute Gasteiger partial charge is 0.490 e. The summed E-state index contributed by atoms with van der Waals surface area (Å²) < 4.78 is 25.0. The molecule has 0 heterocycles. The number of anilines is 1. The third kappa shape index (κ3) is 5.40. The molecule has 3 rings (SSSR count). The van der Waals surface area contributed by atoms with Gasteiger partial charge >= 0.3 is 0 Å². The van der Waals surface area contributed by atoms with Crippen molar-refractivity contribution in [3.8, 4) is 11.5 Å². The summed E-state index contributed by atoms with van der Waals surface area (Å²) in [6.45, 7) is 5.58. The number of ether oxygens (including phenoxy) is 2. The molecule has 146 valence electrons. The maximum atomic E-state index is 13.3. The summed E-state index contributed by atoms with van der Waals surface area (Å²) in [7, 11) is 0. The van der Waals surface area contributed by atoms with Gasteiger partial charge in [-0.25, -0.2) is 4.39 Å². The average molecular weight is 400 g/mol. The van der Waals surface area contributed by atoms with Crippen LogP contribution in [0, 0.1) is 12.7 Å². The van der Waals surface area contributed by atoms with Gasteiger partial charge in [-0.15, -0.1) is 0 Å². The molecule has 3 nitrogen and oxygen atoms in total. The molecule has 0 saturated heterocycles. The molecule has 0 saturated carbocycles. The van der Waals surface area contributed by atoms with E-state index in [0.29, 0.717) is 31.3 Å². The Kier molecular flexibility index (Phi) is 6.77. The second-order valence-electron chi connectivity index (χ2n) is 6.47. The summed E-state index contributed by atoms with van der Waals surface area (Å²) in [5.74, 6) is 0.976. The Morgan fingerprint density at radius 3 is 2.54 bits per heavy atom. The van der Waals surface area contributed by atoms with Gasteiger partial charge in [0.1, 0.15) is 12.4 Å². The van der Waals surface area contributed by atoms with Crippen LogP contribution in [0.3, 0.4) is 0 Å². The summed E-state index contributed by atoms with van der Waals surface area (Å²) in [6.07, 6.45) is 0. The second kappa shape index (κ2) is 9.47. The number of halogens is 2. The van der Waals surface area contributed by atoms with Gasteiger partial charge in [0.15, 0.2) is 11.5 Å². The number of hydrogen-bond acceptors (Lipinski definition) is 3. The maximum absolute atomic E-state index is 13.3. The van der Waals surface area contributed by atoms with E-state index >= 15 is 0 Å². The normalized spacial score (nSPS) is 10.6. The van der Waals surface area contributed by atoms with Crippen LogP contribution in [-0.2, 0) is 13.2 Å². The Morgan fingerprint density at radius 2 is 1.79 bits per heavy atom. The van der Waals surface area contributed by atoms with Gasteiger partial charge in [-0.1, -0.05) is 47.5 Å². The highest BCUT2D eigenvalue weighted by Crippen LogP contribution is 2.30. The molecule has 0 fully saturated rings. The van der Waals surface area contributed by atoms with Crippen LogP contribution in [0.4, 0.5) is 10.1 Å². The van der Waals surface area contributed by atoms with Crippen LogP contribution in [0.1, 0.15) is 23.6 Å². The molecule has 0 aliphatic heterocycles.